The molecule has 0 saturated carbocycles. The van der Waals surface area contributed by atoms with E-state index in [1.807, 2.05) is 0 Å². The van der Waals surface area contributed by atoms with Crippen molar-refractivity contribution in [3.05, 3.63) is 30.3 Å². The fraction of sp³-hybridized carbons (Fsp3) is 1.00. The highest BCUT2D eigenvalue weighted by atomic mass is 32.3. The number of nitrogens with zero attached hydrogens (tertiary/aromatic N) is 6. The Labute approximate surface area is 109 Å². The summed E-state index contributed by atoms with van der Waals surface area (Å²) in [5.74, 6) is 0. The van der Waals surface area contributed by atoms with Crippen LogP contribution >= 0.6 is 0 Å². The summed E-state index contributed by atoms with van der Waals surface area (Å²) < 4.78 is 31.6. The molecule has 20 heavy (non-hydrogen) atoms. The van der Waals surface area contributed by atoms with Crippen LogP contribution in [0.4, 0.5) is 0 Å². The van der Waals surface area contributed by atoms with E-state index >= 15 is 0 Å². The standard InChI is InChI=1S/C3H6N6O6.H2O4S/c10-7(11)4-1-5(8(12)13)3-6(2-4)9(14)15;1-5(2,3)4/h1-3H2;(H2,1,2,3,4). The highest BCUT2D eigenvalue weighted by Crippen LogP contribution is 2.06. The third-order valence-electron chi connectivity index (χ3n) is 1.67. The fourth-order valence-corrected chi connectivity index (χ4v) is 1.01. The van der Waals surface area contributed by atoms with Crippen LogP contribution in [0.25, 0.3) is 0 Å². The molecule has 0 radical (unpaired) electrons. The van der Waals surface area contributed by atoms with E-state index in [0.29, 0.717) is 15.0 Å². The van der Waals surface area contributed by atoms with Gasteiger partial charge in [-0.15, -0.1) is 0 Å². The zero-order valence-electron chi connectivity index (χ0n) is 9.37. The maximum Gasteiger partial charge on any atom is 0.394 e. The van der Waals surface area contributed by atoms with Crippen LogP contribution < -0.4 is 0 Å². The van der Waals surface area contributed by atoms with Gasteiger partial charge in [-0.25, -0.2) is 30.3 Å². The number of hydrogen-bond donors (Lipinski definition) is 2. The molecule has 0 atom stereocenters. The molecule has 16 nitrogen and oxygen atoms in total. The first-order valence-corrected chi connectivity index (χ1v) is 5.69. The Kier molecular flexibility index (Phi) is 5.75. The third-order valence-corrected chi connectivity index (χ3v) is 1.67. The molecule has 1 aliphatic rings. The van der Waals surface area contributed by atoms with Crippen molar-refractivity contribution in [2.24, 2.45) is 0 Å². The first kappa shape index (κ1) is 17.5. The minimum atomic E-state index is -4.67. The molecule has 1 rings (SSSR count). The molecule has 1 heterocycles. The van der Waals surface area contributed by atoms with Crippen LogP contribution in [0.1, 0.15) is 0 Å². The maximum atomic E-state index is 10.3. The third kappa shape index (κ3) is 7.03. The van der Waals surface area contributed by atoms with Crippen molar-refractivity contribution in [1.82, 2.24) is 15.0 Å². The molecular weight excluding hydrogens is 312 g/mol. The second-order valence-corrected chi connectivity index (χ2v) is 4.00. The van der Waals surface area contributed by atoms with Gasteiger partial charge >= 0.3 is 10.4 Å². The minimum Gasteiger partial charge on any atom is -0.264 e. The van der Waals surface area contributed by atoms with Gasteiger partial charge in [-0.3, -0.25) is 9.11 Å². The van der Waals surface area contributed by atoms with Crippen LogP contribution in [-0.2, 0) is 10.4 Å². The summed E-state index contributed by atoms with van der Waals surface area (Å²) in [6, 6.07) is 0. The number of nitro groups is 3. The summed E-state index contributed by atoms with van der Waals surface area (Å²) >= 11 is 0. The largest absolute Gasteiger partial charge is 0.394 e. The van der Waals surface area contributed by atoms with Gasteiger partial charge in [0.2, 0.25) is 20.0 Å². The van der Waals surface area contributed by atoms with E-state index in [2.05, 4.69) is 0 Å². The molecule has 0 unspecified atom stereocenters. The number of hydrazine groups is 3. The second-order valence-electron chi connectivity index (χ2n) is 3.10. The Balaban J connectivity index is 0.000000621. The summed E-state index contributed by atoms with van der Waals surface area (Å²) in [7, 11) is -4.67. The topological polar surface area (TPSA) is 214 Å². The molecular formula is C3H8N6O10S. The molecule has 0 aromatic carbocycles. The van der Waals surface area contributed by atoms with Crippen molar-refractivity contribution in [2.75, 3.05) is 20.0 Å². The molecule has 0 aromatic rings. The first-order valence-electron chi connectivity index (χ1n) is 4.29. The zero-order chi connectivity index (χ0) is 16.1. The van der Waals surface area contributed by atoms with E-state index in [4.69, 9.17) is 17.5 Å². The van der Waals surface area contributed by atoms with Crippen molar-refractivity contribution >= 4 is 10.4 Å². The predicted octanol–water partition coefficient (Wildman–Crippen LogP) is -2.30. The SMILES string of the molecule is O=S(=O)(O)O.O=[N+]([O-])N1CN([N+](=O)[O-])CN([N+](=O)[O-])C1. The minimum absolute atomic E-state index is 0.370. The van der Waals surface area contributed by atoms with Crippen LogP contribution in [0.3, 0.4) is 0 Å². The molecule has 1 fully saturated rings. The van der Waals surface area contributed by atoms with Gasteiger partial charge in [0.05, 0.1) is 0 Å². The fourth-order valence-electron chi connectivity index (χ4n) is 1.01. The second kappa shape index (κ2) is 6.58. The van der Waals surface area contributed by atoms with Crippen molar-refractivity contribution in [1.29, 1.82) is 0 Å². The monoisotopic (exact) mass is 320 g/mol. The highest BCUT2D eigenvalue weighted by molar-refractivity contribution is 7.79. The van der Waals surface area contributed by atoms with Gasteiger partial charge < -0.3 is 0 Å². The van der Waals surface area contributed by atoms with Crippen LogP contribution in [-0.4, -0.2) is 67.7 Å². The molecule has 0 spiro atoms. The Morgan fingerprint density at radius 1 is 0.750 bits per heavy atom. The normalized spacial score (nSPS) is 15.2. The van der Waals surface area contributed by atoms with Gasteiger partial charge in [-0.2, -0.15) is 8.42 Å². The van der Waals surface area contributed by atoms with Crippen molar-refractivity contribution in [2.45, 2.75) is 0 Å². The lowest BCUT2D eigenvalue weighted by atomic mass is 10.7. The van der Waals surface area contributed by atoms with E-state index in [0.717, 1.165) is 0 Å². The average Bonchev–Trinajstić information content (AvgIpc) is 2.25. The number of rotatable bonds is 3. The first-order chi connectivity index (χ1) is 8.91. The molecule has 2 N–H and O–H groups in total. The van der Waals surface area contributed by atoms with E-state index in [1.54, 1.807) is 0 Å². The lowest BCUT2D eigenvalue weighted by molar-refractivity contribution is -0.775. The van der Waals surface area contributed by atoms with Crippen LogP contribution in [0.5, 0.6) is 0 Å². The van der Waals surface area contributed by atoms with Crippen LogP contribution in [0, 0.1) is 30.3 Å². The molecule has 0 bridgehead atoms. The van der Waals surface area contributed by atoms with Gasteiger partial charge in [0.15, 0.2) is 15.1 Å². The van der Waals surface area contributed by atoms with E-state index < -0.39 is 45.5 Å². The van der Waals surface area contributed by atoms with Gasteiger partial charge in [0.25, 0.3) is 0 Å². The highest BCUT2D eigenvalue weighted by Gasteiger charge is 2.39. The molecule has 0 aliphatic carbocycles. The van der Waals surface area contributed by atoms with Gasteiger partial charge in [0, 0.05) is 0 Å². The quantitative estimate of drug-likeness (QED) is 0.318. The van der Waals surface area contributed by atoms with E-state index in [-0.39, 0.29) is 0 Å². The Bertz CT molecular complexity index is 428. The Hall–Kier alpha value is -2.53. The summed E-state index contributed by atoms with van der Waals surface area (Å²) in [6.45, 7) is -1.78. The van der Waals surface area contributed by atoms with E-state index in [9.17, 15) is 30.3 Å². The van der Waals surface area contributed by atoms with Gasteiger partial charge in [0.1, 0.15) is 0 Å². The number of hydrogen-bond acceptors (Lipinski definition) is 8. The lowest BCUT2D eigenvalue weighted by Crippen LogP contribution is -2.59. The van der Waals surface area contributed by atoms with Crippen molar-refractivity contribution in [3.63, 3.8) is 0 Å². The molecule has 17 heteroatoms. The Morgan fingerprint density at radius 2 is 0.900 bits per heavy atom. The zero-order valence-corrected chi connectivity index (χ0v) is 10.2. The van der Waals surface area contributed by atoms with Gasteiger partial charge in [-0.1, -0.05) is 15.0 Å². The molecule has 1 aliphatic heterocycles. The molecule has 0 amide bonds. The van der Waals surface area contributed by atoms with Crippen LogP contribution in [0.2, 0.25) is 0 Å². The average molecular weight is 320 g/mol. The smallest absolute Gasteiger partial charge is 0.264 e. The summed E-state index contributed by atoms with van der Waals surface area (Å²) in [5, 5.41) is 29.3. The van der Waals surface area contributed by atoms with Crippen LogP contribution in [0.15, 0.2) is 0 Å². The molecule has 1 saturated heterocycles. The predicted molar refractivity (Wildman–Crippen MR) is 55.3 cm³/mol. The van der Waals surface area contributed by atoms with E-state index in [1.165, 1.54) is 0 Å². The summed E-state index contributed by atoms with van der Waals surface area (Å²) in [5.41, 5.74) is 0. The summed E-state index contributed by atoms with van der Waals surface area (Å²) in [4.78, 5) is 31.0. The maximum absolute atomic E-state index is 10.3. The Morgan fingerprint density at radius 3 is 1.00 bits per heavy atom. The molecule has 116 valence electrons. The van der Waals surface area contributed by atoms with Crippen molar-refractivity contribution < 1.29 is 32.6 Å². The molecule has 0 aromatic heterocycles. The lowest BCUT2D eigenvalue weighted by Gasteiger charge is -2.27. The van der Waals surface area contributed by atoms with Crippen molar-refractivity contribution in [3.8, 4) is 0 Å². The van der Waals surface area contributed by atoms with Gasteiger partial charge in [-0.05, 0) is 0 Å². The summed E-state index contributed by atoms with van der Waals surface area (Å²) in [6.07, 6.45) is 0.